The van der Waals surface area contributed by atoms with Gasteiger partial charge in [0.2, 0.25) is 5.91 Å². The van der Waals surface area contributed by atoms with E-state index in [2.05, 4.69) is 10.3 Å². The third-order valence-corrected chi connectivity index (χ3v) is 6.64. The molecule has 0 aliphatic rings. The second-order valence-corrected chi connectivity index (χ2v) is 9.32. The lowest BCUT2D eigenvalue weighted by atomic mass is 10.2. The summed E-state index contributed by atoms with van der Waals surface area (Å²) in [6, 6.07) is 24.4. The molecule has 0 aliphatic carbocycles. The summed E-state index contributed by atoms with van der Waals surface area (Å²) in [5, 5.41) is 4.38. The Morgan fingerprint density at radius 2 is 1.65 bits per heavy atom. The van der Waals surface area contributed by atoms with Gasteiger partial charge in [-0.1, -0.05) is 47.7 Å². The second kappa shape index (κ2) is 9.11. The fourth-order valence-electron chi connectivity index (χ4n) is 3.77. The Kier molecular flexibility index (Phi) is 5.86. The summed E-state index contributed by atoms with van der Waals surface area (Å²) in [5.41, 5.74) is 3.76. The number of fused-ring (bicyclic) bond motifs is 2. The first kappa shape index (κ1) is 21.9. The lowest BCUT2D eigenvalue weighted by molar-refractivity contribution is -0.115. The fourth-order valence-corrected chi connectivity index (χ4v) is 4.70. The Morgan fingerprint density at radius 3 is 2.47 bits per heavy atom. The number of hydrogen-bond acceptors (Lipinski definition) is 5. The molecule has 0 spiro atoms. The topological polar surface area (TPSA) is 76.9 Å². The standard InChI is InChI=1S/C27H22N4O2S/c1-17-12-14-19(15-13-17)31-26(33)21-7-3-4-9-24(21)30-27(31)34-18(2)25(32)29-23-11-5-10-22-20(23)8-6-16-28-22/h3-16,18H,1-2H3,(H,29,32). The van der Waals surface area contributed by atoms with E-state index in [0.717, 1.165) is 16.5 Å². The molecule has 5 aromatic rings. The van der Waals surface area contributed by atoms with Gasteiger partial charge in [-0.3, -0.25) is 19.1 Å². The van der Waals surface area contributed by atoms with Gasteiger partial charge >= 0.3 is 0 Å². The van der Waals surface area contributed by atoms with E-state index in [1.807, 2.05) is 86.6 Å². The third-order valence-electron chi connectivity index (χ3n) is 5.59. The number of aromatic nitrogens is 3. The number of nitrogens with zero attached hydrogens (tertiary/aromatic N) is 3. The van der Waals surface area contributed by atoms with Crippen LogP contribution in [0, 0.1) is 6.92 Å². The SMILES string of the molecule is Cc1ccc(-n2c(SC(C)C(=O)Nc3cccc4ncccc34)nc3ccccc3c2=O)cc1. The minimum Gasteiger partial charge on any atom is -0.324 e. The molecule has 0 radical (unpaired) electrons. The monoisotopic (exact) mass is 466 g/mol. The lowest BCUT2D eigenvalue weighted by Gasteiger charge is -2.17. The number of nitrogens with one attached hydrogen (secondary N) is 1. The molecule has 3 aromatic carbocycles. The van der Waals surface area contributed by atoms with E-state index in [4.69, 9.17) is 4.98 Å². The number of carbonyl (C=O) groups excluding carboxylic acids is 1. The van der Waals surface area contributed by atoms with Crippen LogP contribution in [0.25, 0.3) is 27.5 Å². The number of pyridine rings is 1. The van der Waals surface area contributed by atoms with Crippen molar-refractivity contribution in [2.75, 3.05) is 5.32 Å². The van der Waals surface area contributed by atoms with Crippen molar-refractivity contribution >= 4 is 45.2 Å². The first-order chi connectivity index (χ1) is 16.5. The van der Waals surface area contributed by atoms with Crippen LogP contribution in [0.2, 0.25) is 0 Å². The molecule has 0 bridgehead atoms. The molecule has 5 rings (SSSR count). The van der Waals surface area contributed by atoms with E-state index >= 15 is 0 Å². The zero-order valence-electron chi connectivity index (χ0n) is 18.7. The highest BCUT2D eigenvalue weighted by Crippen LogP contribution is 2.27. The van der Waals surface area contributed by atoms with Crippen LogP contribution in [0.3, 0.4) is 0 Å². The van der Waals surface area contributed by atoms with Crippen molar-refractivity contribution in [1.82, 2.24) is 14.5 Å². The Balaban J connectivity index is 1.51. The average Bonchev–Trinajstić information content (AvgIpc) is 2.85. The molecule has 1 N–H and O–H groups in total. The van der Waals surface area contributed by atoms with Crippen molar-refractivity contribution in [2.45, 2.75) is 24.3 Å². The highest BCUT2D eigenvalue weighted by Gasteiger charge is 2.21. The van der Waals surface area contributed by atoms with Crippen LogP contribution in [-0.2, 0) is 4.79 Å². The van der Waals surface area contributed by atoms with Crippen LogP contribution in [0.4, 0.5) is 5.69 Å². The number of anilines is 1. The van der Waals surface area contributed by atoms with Gasteiger partial charge in [-0.25, -0.2) is 4.98 Å². The Labute approximate surface area is 200 Å². The summed E-state index contributed by atoms with van der Waals surface area (Å²) in [7, 11) is 0. The minimum absolute atomic E-state index is 0.162. The molecule has 2 heterocycles. The van der Waals surface area contributed by atoms with Crippen LogP contribution < -0.4 is 10.9 Å². The summed E-state index contributed by atoms with van der Waals surface area (Å²) >= 11 is 1.26. The molecule has 34 heavy (non-hydrogen) atoms. The van der Waals surface area contributed by atoms with Crippen molar-refractivity contribution < 1.29 is 4.79 Å². The van der Waals surface area contributed by atoms with Crippen molar-refractivity contribution in [1.29, 1.82) is 0 Å². The normalized spacial score (nSPS) is 12.1. The van der Waals surface area contributed by atoms with E-state index in [1.54, 1.807) is 16.8 Å². The van der Waals surface area contributed by atoms with Crippen LogP contribution >= 0.6 is 11.8 Å². The van der Waals surface area contributed by atoms with Gasteiger partial charge in [-0.2, -0.15) is 0 Å². The molecule has 0 saturated heterocycles. The number of rotatable bonds is 5. The number of para-hydroxylation sites is 1. The van der Waals surface area contributed by atoms with Gasteiger partial charge in [0.05, 0.1) is 33.0 Å². The molecule has 0 fully saturated rings. The number of carbonyl (C=O) groups is 1. The minimum atomic E-state index is -0.503. The van der Waals surface area contributed by atoms with Crippen LogP contribution in [-0.4, -0.2) is 25.7 Å². The van der Waals surface area contributed by atoms with Crippen molar-refractivity contribution in [3.8, 4) is 5.69 Å². The number of benzene rings is 3. The Hall–Kier alpha value is -3.97. The smallest absolute Gasteiger partial charge is 0.266 e. The molecule has 1 amide bonds. The van der Waals surface area contributed by atoms with E-state index < -0.39 is 5.25 Å². The summed E-state index contributed by atoms with van der Waals surface area (Å²) < 4.78 is 1.58. The molecule has 1 atom stereocenters. The lowest BCUT2D eigenvalue weighted by Crippen LogP contribution is -2.26. The zero-order chi connectivity index (χ0) is 23.7. The predicted molar refractivity (Wildman–Crippen MR) is 138 cm³/mol. The van der Waals surface area contributed by atoms with Gasteiger partial charge < -0.3 is 5.32 Å². The van der Waals surface area contributed by atoms with Crippen molar-refractivity contribution in [3.63, 3.8) is 0 Å². The number of aryl methyl sites for hydroxylation is 1. The van der Waals surface area contributed by atoms with Gasteiger partial charge in [0.1, 0.15) is 0 Å². The van der Waals surface area contributed by atoms with Gasteiger partial charge in [0.25, 0.3) is 5.56 Å². The first-order valence-electron chi connectivity index (χ1n) is 10.9. The summed E-state index contributed by atoms with van der Waals surface area (Å²) in [5.74, 6) is -0.181. The molecule has 168 valence electrons. The summed E-state index contributed by atoms with van der Waals surface area (Å²) in [6.45, 7) is 3.81. The molecule has 2 aromatic heterocycles. The number of amides is 1. The molecular weight excluding hydrogens is 444 g/mol. The fraction of sp³-hybridized carbons (Fsp3) is 0.111. The molecule has 7 heteroatoms. The number of thioether (sulfide) groups is 1. The van der Waals surface area contributed by atoms with E-state index in [9.17, 15) is 9.59 Å². The van der Waals surface area contributed by atoms with Gasteiger partial charge in [0, 0.05) is 11.6 Å². The molecule has 0 saturated carbocycles. The second-order valence-electron chi connectivity index (χ2n) is 8.01. The largest absolute Gasteiger partial charge is 0.324 e. The quantitative estimate of drug-likeness (QED) is 0.279. The van der Waals surface area contributed by atoms with Crippen LogP contribution in [0.5, 0.6) is 0 Å². The maximum Gasteiger partial charge on any atom is 0.266 e. The Bertz CT molecular complexity index is 1570. The van der Waals surface area contributed by atoms with Gasteiger partial charge in [-0.05, 0) is 62.4 Å². The first-order valence-corrected chi connectivity index (χ1v) is 11.8. The van der Waals surface area contributed by atoms with E-state index in [0.29, 0.717) is 27.4 Å². The van der Waals surface area contributed by atoms with Gasteiger partial charge in [0.15, 0.2) is 5.16 Å². The summed E-state index contributed by atoms with van der Waals surface area (Å²) in [6.07, 6.45) is 1.72. The van der Waals surface area contributed by atoms with E-state index in [-0.39, 0.29) is 11.5 Å². The van der Waals surface area contributed by atoms with Crippen LogP contribution in [0.1, 0.15) is 12.5 Å². The van der Waals surface area contributed by atoms with E-state index in [1.165, 1.54) is 11.8 Å². The number of hydrogen-bond donors (Lipinski definition) is 1. The highest BCUT2D eigenvalue weighted by molar-refractivity contribution is 8.00. The third kappa shape index (κ3) is 4.18. The van der Waals surface area contributed by atoms with Crippen molar-refractivity contribution in [2.24, 2.45) is 0 Å². The Morgan fingerprint density at radius 1 is 0.912 bits per heavy atom. The summed E-state index contributed by atoms with van der Waals surface area (Å²) in [4.78, 5) is 35.7. The van der Waals surface area contributed by atoms with Gasteiger partial charge in [-0.15, -0.1) is 0 Å². The molecule has 1 unspecified atom stereocenters. The van der Waals surface area contributed by atoms with Crippen LogP contribution in [0.15, 0.2) is 95.0 Å². The maximum absolute atomic E-state index is 13.4. The van der Waals surface area contributed by atoms with Crippen molar-refractivity contribution in [3.05, 3.63) is 101 Å². The molecule has 6 nitrogen and oxygen atoms in total. The zero-order valence-corrected chi connectivity index (χ0v) is 19.5. The maximum atomic E-state index is 13.4. The molecule has 0 aliphatic heterocycles. The molecular formula is C27H22N4O2S. The highest BCUT2D eigenvalue weighted by atomic mass is 32.2. The average molecular weight is 467 g/mol. The predicted octanol–water partition coefficient (Wildman–Crippen LogP) is 5.36.